The molecule has 0 atom stereocenters. The number of rotatable bonds is 28. The van der Waals surface area contributed by atoms with Crippen LogP contribution in [0.2, 0.25) is 0 Å². The smallest absolute Gasteiger partial charge is 0.444 e. The molecular formula is C42H64N4O8. The number of hydrogen-bond donors (Lipinski definition) is 0. The lowest BCUT2D eigenvalue weighted by Gasteiger charge is -2.03. The van der Waals surface area contributed by atoms with Crippen LogP contribution in [0.3, 0.4) is 0 Å². The van der Waals surface area contributed by atoms with Crippen LogP contribution in [0.15, 0.2) is 67.0 Å². The Hall–Kier alpha value is -4.48. The van der Waals surface area contributed by atoms with Gasteiger partial charge in [-0.25, -0.2) is 9.59 Å². The first-order chi connectivity index (χ1) is 26.5. The Morgan fingerprint density at radius 3 is 1.33 bits per heavy atom. The molecule has 12 heteroatoms. The third kappa shape index (κ3) is 17.1. The molecule has 0 aliphatic carbocycles. The highest BCUT2D eigenvalue weighted by atomic mass is 16.6. The highest BCUT2D eigenvalue weighted by Crippen LogP contribution is 2.18. The SMILES string of the molecule is CCCCCCCCCCCCOc1nn(-c2ccc(OC)cc2)c(=O)o1.CCCCCCCCCCCCOc1nn(-c2cccc(OC)c2)c(=O)o1. The lowest BCUT2D eigenvalue weighted by Crippen LogP contribution is -2.13. The van der Waals surface area contributed by atoms with E-state index in [0.717, 1.165) is 25.7 Å². The van der Waals surface area contributed by atoms with Crippen molar-refractivity contribution in [3.63, 3.8) is 0 Å². The molecule has 0 spiro atoms. The predicted molar refractivity (Wildman–Crippen MR) is 212 cm³/mol. The van der Waals surface area contributed by atoms with E-state index in [2.05, 4.69) is 24.0 Å². The molecule has 300 valence electrons. The minimum Gasteiger partial charge on any atom is -0.497 e. The van der Waals surface area contributed by atoms with Crippen LogP contribution in [0.25, 0.3) is 11.4 Å². The van der Waals surface area contributed by atoms with Gasteiger partial charge in [0, 0.05) is 6.07 Å². The van der Waals surface area contributed by atoms with E-state index in [4.69, 9.17) is 27.8 Å². The van der Waals surface area contributed by atoms with Gasteiger partial charge in [0.05, 0.1) is 38.8 Å². The molecule has 2 aromatic carbocycles. The highest BCUT2D eigenvalue weighted by molar-refractivity contribution is 5.38. The third-order valence-corrected chi connectivity index (χ3v) is 9.12. The molecule has 12 nitrogen and oxygen atoms in total. The van der Waals surface area contributed by atoms with E-state index in [1.54, 1.807) is 62.8 Å². The zero-order chi connectivity index (χ0) is 38.6. The van der Waals surface area contributed by atoms with Crippen molar-refractivity contribution in [3.8, 4) is 35.0 Å². The Morgan fingerprint density at radius 2 is 0.907 bits per heavy atom. The van der Waals surface area contributed by atoms with Crippen molar-refractivity contribution in [2.24, 2.45) is 0 Å². The molecule has 0 fully saturated rings. The number of unbranched alkanes of at least 4 members (excludes halogenated alkanes) is 18. The molecule has 4 rings (SSSR count). The van der Waals surface area contributed by atoms with Crippen LogP contribution in [-0.4, -0.2) is 47.0 Å². The molecule has 0 amide bonds. The summed E-state index contributed by atoms with van der Waals surface area (Å²) in [5, 5.41) is 8.19. The normalized spacial score (nSPS) is 10.9. The summed E-state index contributed by atoms with van der Waals surface area (Å²) in [4.78, 5) is 23.9. The molecule has 0 aliphatic heterocycles. The monoisotopic (exact) mass is 752 g/mol. The van der Waals surface area contributed by atoms with Gasteiger partial charge in [-0.2, -0.15) is 9.36 Å². The van der Waals surface area contributed by atoms with Gasteiger partial charge >= 0.3 is 23.7 Å². The van der Waals surface area contributed by atoms with Gasteiger partial charge in [-0.3, -0.25) is 0 Å². The fraction of sp³-hybridized carbons (Fsp3) is 0.619. The number of methoxy groups -OCH3 is 2. The minimum atomic E-state index is -0.568. The maximum absolute atomic E-state index is 12.0. The summed E-state index contributed by atoms with van der Waals surface area (Å²) in [7, 11) is 3.17. The zero-order valence-electron chi connectivity index (χ0n) is 33.2. The number of hydrogen-bond acceptors (Lipinski definition) is 10. The molecule has 0 saturated carbocycles. The summed E-state index contributed by atoms with van der Waals surface area (Å²) in [5.74, 6) is 0.238. The average Bonchev–Trinajstić information content (AvgIpc) is 3.77. The molecule has 0 bridgehead atoms. The zero-order valence-corrected chi connectivity index (χ0v) is 33.2. The van der Waals surface area contributed by atoms with Crippen molar-refractivity contribution in [1.82, 2.24) is 19.6 Å². The number of aromatic nitrogens is 4. The summed E-state index contributed by atoms with van der Waals surface area (Å²) in [5.41, 5.74) is 1.19. The lowest BCUT2D eigenvalue weighted by molar-refractivity contribution is 0.219. The Bertz CT molecular complexity index is 1640. The molecule has 4 aromatic rings. The fourth-order valence-corrected chi connectivity index (χ4v) is 5.93. The average molecular weight is 753 g/mol. The topological polar surface area (TPSA) is 133 Å². The van der Waals surface area contributed by atoms with Crippen LogP contribution < -0.4 is 30.5 Å². The Labute approximate surface area is 321 Å². The van der Waals surface area contributed by atoms with Crippen LogP contribution in [-0.2, 0) is 0 Å². The van der Waals surface area contributed by atoms with E-state index in [1.807, 2.05) is 0 Å². The molecule has 54 heavy (non-hydrogen) atoms. The van der Waals surface area contributed by atoms with Gasteiger partial charge in [0.15, 0.2) is 0 Å². The largest absolute Gasteiger partial charge is 0.497 e. The summed E-state index contributed by atoms with van der Waals surface area (Å²) < 4.78 is 33.7. The van der Waals surface area contributed by atoms with Crippen LogP contribution >= 0.6 is 0 Å². The predicted octanol–water partition coefficient (Wildman–Crippen LogP) is 10.3. The van der Waals surface area contributed by atoms with Crippen LogP contribution in [0.5, 0.6) is 23.7 Å². The van der Waals surface area contributed by atoms with E-state index >= 15 is 0 Å². The van der Waals surface area contributed by atoms with Crippen molar-refractivity contribution in [2.45, 2.75) is 142 Å². The lowest BCUT2D eigenvalue weighted by atomic mass is 10.1. The molecule has 2 heterocycles. The number of nitrogens with zero attached hydrogens (tertiary/aromatic N) is 4. The van der Waals surface area contributed by atoms with Crippen LogP contribution in [0, 0.1) is 0 Å². The third-order valence-electron chi connectivity index (χ3n) is 9.12. The maximum atomic E-state index is 12.0. The van der Waals surface area contributed by atoms with Crippen molar-refractivity contribution in [3.05, 3.63) is 69.6 Å². The van der Waals surface area contributed by atoms with Gasteiger partial charge in [-0.15, -0.1) is 0 Å². The van der Waals surface area contributed by atoms with Crippen molar-refractivity contribution in [1.29, 1.82) is 0 Å². The summed E-state index contributed by atoms with van der Waals surface area (Å²) >= 11 is 0. The van der Waals surface area contributed by atoms with Crippen molar-refractivity contribution in [2.75, 3.05) is 27.4 Å². The summed E-state index contributed by atoms with van der Waals surface area (Å²) in [6.45, 7) is 5.51. The van der Waals surface area contributed by atoms with Gasteiger partial charge in [0.2, 0.25) is 0 Å². The quantitative estimate of drug-likeness (QED) is 0.0516. The van der Waals surface area contributed by atoms with E-state index in [1.165, 1.54) is 112 Å². The first kappa shape index (κ1) is 43.9. The van der Waals surface area contributed by atoms with Crippen molar-refractivity contribution < 1.29 is 27.8 Å². The molecular weight excluding hydrogens is 688 g/mol. The second-order valence-electron chi connectivity index (χ2n) is 13.6. The first-order valence-electron chi connectivity index (χ1n) is 20.2. The van der Waals surface area contributed by atoms with E-state index in [0.29, 0.717) is 36.1 Å². The van der Waals surface area contributed by atoms with E-state index in [9.17, 15) is 9.59 Å². The number of ether oxygens (including phenoxy) is 4. The van der Waals surface area contributed by atoms with Gasteiger partial charge in [-0.1, -0.05) is 146 Å². The second kappa shape index (κ2) is 27.2. The molecule has 2 aromatic heterocycles. The minimum absolute atomic E-state index is 0.0127. The van der Waals surface area contributed by atoms with Gasteiger partial charge in [-0.05, 0) is 49.2 Å². The van der Waals surface area contributed by atoms with Crippen LogP contribution in [0.4, 0.5) is 0 Å². The second-order valence-corrected chi connectivity index (χ2v) is 13.6. The van der Waals surface area contributed by atoms with Gasteiger partial charge in [0.1, 0.15) is 11.5 Å². The molecule has 0 aliphatic rings. The van der Waals surface area contributed by atoms with E-state index in [-0.39, 0.29) is 12.2 Å². The Balaban J connectivity index is 0.000000290. The summed E-state index contributed by atoms with van der Waals surface area (Å²) in [6, 6.07) is 14.1. The van der Waals surface area contributed by atoms with Gasteiger partial charge < -0.3 is 27.8 Å². The standard InChI is InChI=1S/2C21H32N2O4/c1-3-4-5-6-7-8-9-10-11-12-17-26-20-22-23(21(24)27-20)18-13-15-19(25-2)16-14-18;1-3-4-5-6-7-8-9-10-11-12-16-26-20-22-23(21(24)27-20)18-14-13-15-19(17-18)25-2/h13-16H,3-12,17H2,1-2H3;13-15,17H,3-12,16H2,1-2H3. The Morgan fingerprint density at radius 1 is 0.500 bits per heavy atom. The first-order valence-corrected chi connectivity index (χ1v) is 20.2. The Kier molecular flexibility index (Phi) is 22.1. The van der Waals surface area contributed by atoms with Crippen LogP contribution in [0.1, 0.15) is 142 Å². The van der Waals surface area contributed by atoms with Crippen molar-refractivity contribution >= 4 is 0 Å². The molecule has 0 saturated heterocycles. The van der Waals surface area contributed by atoms with Gasteiger partial charge in [0.25, 0.3) is 0 Å². The molecule has 0 radical (unpaired) electrons. The van der Waals surface area contributed by atoms with E-state index < -0.39 is 11.5 Å². The highest BCUT2D eigenvalue weighted by Gasteiger charge is 2.12. The summed E-state index contributed by atoms with van der Waals surface area (Å²) in [6.07, 6.45) is 25.3. The molecule has 0 N–H and O–H groups in total. The maximum Gasteiger partial charge on any atom is 0.444 e. The fourth-order valence-electron chi connectivity index (χ4n) is 5.93. The molecule has 0 unspecified atom stereocenters. The number of benzene rings is 2.